The van der Waals surface area contributed by atoms with Gasteiger partial charge >= 0.3 is 0 Å². The predicted octanol–water partition coefficient (Wildman–Crippen LogP) is 2.49. The zero-order chi connectivity index (χ0) is 15.4. The molecular formula is C16H15FN4O. The molecule has 0 unspecified atom stereocenters. The molecule has 0 bridgehead atoms. The van der Waals surface area contributed by atoms with Gasteiger partial charge in [-0.3, -0.25) is 9.48 Å². The summed E-state index contributed by atoms with van der Waals surface area (Å²) in [7, 11) is 1.86. The van der Waals surface area contributed by atoms with E-state index in [0.29, 0.717) is 17.8 Å². The zero-order valence-corrected chi connectivity index (χ0v) is 12.3. The van der Waals surface area contributed by atoms with Crippen LogP contribution in [0.1, 0.15) is 23.5 Å². The van der Waals surface area contributed by atoms with E-state index in [0.717, 1.165) is 16.5 Å². The first-order valence-corrected chi connectivity index (χ1v) is 7.17. The normalized spacial score (nSPS) is 17.6. The van der Waals surface area contributed by atoms with Crippen molar-refractivity contribution >= 4 is 16.8 Å². The fourth-order valence-corrected chi connectivity index (χ4v) is 3.10. The van der Waals surface area contributed by atoms with E-state index in [4.69, 9.17) is 0 Å². The molecule has 0 fully saturated rings. The van der Waals surface area contributed by atoms with Crippen LogP contribution in [0.2, 0.25) is 0 Å². The van der Waals surface area contributed by atoms with Gasteiger partial charge in [0.05, 0.1) is 17.8 Å². The second-order valence-electron chi connectivity index (χ2n) is 5.70. The summed E-state index contributed by atoms with van der Waals surface area (Å²) >= 11 is 0. The number of halogens is 1. The van der Waals surface area contributed by atoms with Crippen LogP contribution in [0.3, 0.4) is 0 Å². The summed E-state index contributed by atoms with van der Waals surface area (Å²) in [6.45, 7) is 2.33. The number of benzene rings is 1. The van der Waals surface area contributed by atoms with E-state index in [1.807, 2.05) is 32.2 Å². The maximum absolute atomic E-state index is 14.3. The fourth-order valence-electron chi connectivity index (χ4n) is 3.10. The molecule has 0 aliphatic carbocycles. The van der Waals surface area contributed by atoms with Crippen molar-refractivity contribution in [1.29, 1.82) is 0 Å². The molecule has 1 aliphatic heterocycles. The van der Waals surface area contributed by atoms with Gasteiger partial charge in [-0.15, -0.1) is 0 Å². The maximum atomic E-state index is 14.3. The molecule has 0 saturated carbocycles. The lowest BCUT2D eigenvalue weighted by molar-refractivity contribution is 0.0913. The van der Waals surface area contributed by atoms with Crippen LogP contribution < -0.4 is 5.32 Å². The third kappa shape index (κ3) is 1.70. The van der Waals surface area contributed by atoms with E-state index in [-0.39, 0.29) is 17.9 Å². The molecule has 2 aromatic heterocycles. The van der Waals surface area contributed by atoms with Crippen molar-refractivity contribution in [3.63, 3.8) is 0 Å². The Labute approximate surface area is 126 Å². The highest BCUT2D eigenvalue weighted by molar-refractivity contribution is 6.01. The minimum Gasteiger partial charge on any atom is -0.349 e. The highest BCUT2D eigenvalue weighted by Crippen LogP contribution is 2.32. The monoisotopic (exact) mass is 298 g/mol. The number of hydrogen-bond donors (Lipinski definition) is 1. The number of hydrogen-bond acceptors (Lipinski definition) is 2. The number of amides is 1. The van der Waals surface area contributed by atoms with Gasteiger partial charge in [-0.2, -0.15) is 9.49 Å². The number of nitrogens with one attached hydrogen (secondary N) is 1. The van der Waals surface area contributed by atoms with Crippen LogP contribution in [0, 0.1) is 5.95 Å². The molecule has 0 saturated heterocycles. The summed E-state index contributed by atoms with van der Waals surface area (Å²) in [6.07, 6.45) is 1.78. The molecule has 22 heavy (non-hydrogen) atoms. The van der Waals surface area contributed by atoms with Gasteiger partial charge < -0.3 is 9.88 Å². The lowest BCUT2D eigenvalue weighted by Crippen LogP contribution is -2.38. The molecule has 4 rings (SSSR count). The highest BCUT2D eigenvalue weighted by Gasteiger charge is 2.29. The molecule has 6 heteroatoms. The first-order valence-electron chi connectivity index (χ1n) is 7.17. The topological polar surface area (TPSA) is 51.9 Å². The summed E-state index contributed by atoms with van der Waals surface area (Å²) in [5.41, 5.74) is 2.76. The Morgan fingerprint density at radius 3 is 3.00 bits per heavy atom. The Morgan fingerprint density at radius 1 is 1.36 bits per heavy atom. The van der Waals surface area contributed by atoms with E-state index in [2.05, 4.69) is 10.4 Å². The van der Waals surface area contributed by atoms with E-state index < -0.39 is 0 Å². The number of nitrogens with zero attached hydrogens (tertiary/aromatic N) is 3. The van der Waals surface area contributed by atoms with Crippen molar-refractivity contribution in [3.05, 3.63) is 42.1 Å². The lowest BCUT2D eigenvalue weighted by atomic mass is 10.0. The molecule has 3 aromatic rings. The van der Waals surface area contributed by atoms with Crippen LogP contribution in [-0.4, -0.2) is 26.8 Å². The third-order valence-corrected chi connectivity index (χ3v) is 4.26. The number of carbonyl (C=O) groups excluding carboxylic acids is 1. The van der Waals surface area contributed by atoms with Crippen molar-refractivity contribution in [2.24, 2.45) is 7.05 Å². The Bertz CT molecular complexity index is 908. The molecule has 1 aromatic carbocycles. The van der Waals surface area contributed by atoms with Gasteiger partial charge in [-0.25, -0.2) is 0 Å². The summed E-state index contributed by atoms with van der Waals surface area (Å²) in [4.78, 5) is 12.2. The van der Waals surface area contributed by atoms with Crippen LogP contribution in [0.15, 0.2) is 30.5 Å². The van der Waals surface area contributed by atoms with Gasteiger partial charge in [-0.05, 0) is 18.6 Å². The molecule has 5 nitrogen and oxygen atoms in total. The van der Waals surface area contributed by atoms with Crippen LogP contribution in [-0.2, 0) is 7.05 Å². The van der Waals surface area contributed by atoms with E-state index in [9.17, 15) is 9.18 Å². The van der Waals surface area contributed by atoms with E-state index in [1.54, 1.807) is 10.9 Å². The average Bonchev–Trinajstić information content (AvgIpc) is 3.05. The number of carbonyl (C=O) groups is 1. The zero-order valence-electron chi connectivity index (χ0n) is 12.3. The largest absolute Gasteiger partial charge is 0.349 e. The number of aromatic nitrogens is 3. The summed E-state index contributed by atoms with van der Waals surface area (Å²) < 4.78 is 17.5. The quantitative estimate of drug-likeness (QED) is 0.750. The maximum Gasteiger partial charge on any atom is 0.268 e. The molecule has 1 aliphatic rings. The van der Waals surface area contributed by atoms with Gasteiger partial charge in [0.1, 0.15) is 5.69 Å². The molecule has 112 valence electrons. The van der Waals surface area contributed by atoms with Gasteiger partial charge in [0.25, 0.3) is 5.91 Å². The van der Waals surface area contributed by atoms with Gasteiger partial charge in [0.2, 0.25) is 0 Å². The van der Waals surface area contributed by atoms with Crippen LogP contribution >= 0.6 is 0 Å². The van der Waals surface area contributed by atoms with E-state index >= 15 is 0 Å². The van der Waals surface area contributed by atoms with Crippen molar-refractivity contribution in [1.82, 2.24) is 19.7 Å². The Balaban J connectivity index is 1.97. The van der Waals surface area contributed by atoms with Crippen LogP contribution in [0.25, 0.3) is 22.0 Å². The molecule has 0 spiro atoms. The fraction of sp³-hybridized carbons (Fsp3) is 0.250. The van der Waals surface area contributed by atoms with Crippen LogP contribution in [0.5, 0.6) is 0 Å². The second kappa shape index (κ2) is 4.43. The van der Waals surface area contributed by atoms with Crippen LogP contribution in [0.4, 0.5) is 4.39 Å². The number of rotatable bonds is 1. The first kappa shape index (κ1) is 13.1. The number of fused-ring (bicyclic) bond motifs is 2. The van der Waals surface area contributed by atoms with Crippen molar-refractivity contribution in [3.8, 4) is 11.1 Å². The minimum atomic E-state index is -0.377. The summed E-state index contributed by atoms with van der Waals surface area (Å²) in [5.74, 6) is -0.612. The standard InChI is InChI=1S/C16H15FN4O/c1-9-7-18-16(22)15-12(6-14(17)21(9)15)10-3-4-11-8-19-20(2)13(11)5-10/h3-6,8-9H,7H2,1-2H3,(H,18,22)/t9-/m0/s1. The third-order valence-electron chi connectivity index (χ3n) is 4.26. The minimum absolute atomic E-state index is 0.0955. The smallest absolute Gasteiger partial charge is 0.268 e. The SMILES string of the molecule is C[C@H]1CNC(=O)c2c(-c3ccc4cnn(C)c4c3)cc(F)n21. The summed E-state index contributed by atoms with van der Waals surface area (Å²) in [6, 6.07) is 7.11. The van der Waals surface area contributed by atoms with Crippen molar-refractivity contribution in [2.75, 3.05) is 6.54 Å². The van der Waals surface area contributed by atoms with Gasteiger partial charge in [0, 0.05) is 30.6 Å². The Kier molecular flexibility index (Phi) is 2.63. The Hall–Kier alpha value is -2.63. The lowest BCUT2D eigenvalue weighted by Gasteiger charge is -2.24. The van der Waals surface area contributed by atoms with Gasteiger partial charge in [0.15, 0.2) is 5.95 Å². The average molecular weight is 298 g/mol. The second-order valence-corrected chi connectivity index (χ2v) is 5.70. The van der Waals surface area contributed by atoms with E-state index in [1.165, 1.54) is 10.6 Å². The summed E-state index contributed by atoms with van der Waals surface area (Å²) in [5, 5.41) is 8.03. The molecule has 1 amide bonds. The molecule has 1 N–H and O–H groups in total. The number of aryl methyl sites for hydroxylation is 1. The van der Waals surface area contributed by atoms with Crippen molar-refractivity contribution < 1.29 is 9.18 Å². The molecular weight excluding hydrogens is 283 g/mol. The molecule has 3 heterocycles. The van der Waals surface area contributed by atoms with Crippen molar-refractivity contribution in [2.45, 2.75) is 13.0 Å². The first-order chi connectivity index (χ1) is 10.6. The highest BCUT2D eigenvalue weighted by atomic mass is 19.1. The molecule has 1 atom stereocenters. The Morgan fingerprint density at radius 2 is 2.18 bits per heavy atom. The predicted molar refractivity (Wildman–Crippen MR) is 81.1 cm³/mol. The van der Waals surface area contributed by atoms with Gasteiger partial charge in [-0.1, -0.05) is 12.1 Å². The molecule has 0 radical (unpaired) electrons.